The van der Waals surface area contributed by atoms with Crippen LogP contribution in [-0.2, 0) is 0 Å². The Morgan fingerprint density at radius 2 is 1.93 bits per heavy atom. The van der Waals surface area contributed by atoms with Gasteiger partial charge in [-0.2, -0.15) is 4.98 Å². The molecular formula is C10H19N3O. The maximum absolute atomic E-state index is 5.91. The first-order valence-electron chi connectivity index (χ1n) is 5.09. The molecule has 0 radical (unpaired) electrons. The molecule has 1 aromatic rings. The smallest absolute Gasteiger partial charge is 0.243 e. The third-order valence-electron chi connectivity index (χ3n) is 2.02. The number of nitrogens with two attached hydrogens (primary N) is 1. The molecule has 0 saturated carbocycles. The standard InChI is InChI=1S/C10H19N3O/c1-6(2)5-8(11)10-12-9(7(3)4)13-14-10/h6-8H,5,11H2,1-4H3/t8-/m0/s1. The molecule has 4 nitrogen and oxygen atoms in total. The fourth-order valence-corrected chi connectivity index (χ4v) is 1.24. The van der Waals surface area contributed by atoms with E-state index in [-0.39, 0.29) is 6.04 Å². The number of rotatable bonds is 4. The van der Waals surface area contributed by atoms with Crippen LogP contribution in [0.5, 0.6) is 0 Å². The Hall–Kier alpha value is -0.900. The van der Waals surface area contributed by atoms with Gasteiger partial charge in [-0.1, -0.05) is 32.9 Å². The average molecular weight is 197 g/mol. The summed E-state index contributed by atoms with van der Waals surface area (Å²) in [7, 11) is 0. The molecule has 1 heterocycles. The van der Waals surface area contributed by atoms with Crippen molar-refractivity contribution in [3.8, 4) is 0 Å². The molecule has 0 aliphatic rings. The number of nitrogens with zero attached hydrogens (tertiary/aromatic N) is 2. The van der Waals surface area contributed by atoms with Crippen LogP contribution in [0.1, 0.15) is 57.8 Å². The highest BCUT2D eigenvalue weighted by Gasteiger charge is 2.16. The highest BCUT2D eigenvalue weighted by molar-refractivity contribution is 4.95. The number of hydrogen-bond acceptors (Lipinski definition) is 4. The fraction of sp³-hybridized carbons (Fsp3) is 0.800. The van der Waals surface area contributed by atoms with Crippen LogP contribution >= 0.6 is 0 Å². The third kappa shape index (κ3) is 2.80. The minimum absolute atomic E-state index is 0.130. The van der Waals surface area contributed by atoms with E-state index in [2.05, 4.69) is 24.0 Å². The molecule has 0 saturated heterocycles. The Bertz CT molecular complexity index is 281. The average Bonchev–Trinajstić information content (AvgIpc) is 2.50. The summed E-state index contributed by atoms with van der Waals surface area (Å²) in [6, 6.07) is -0.130. The summed E-state index contributed by atoms with van der Waals surface area (Å²) in [5.41, 5.74) is 5.91. The van der Waals surface area contributed by atoms with Gasteiger partial charge in [0.1, 0.15) is 0 Å². The first-order chi connectivity index (χ1) is 6.50. The van der Waals surface area contributed by atoms with E-state index in [0.717, 1.165) is 12.2 Å². The second kappa shape index (κ2) is 4.55. The maximum Gasteiger partial charge on any atom is 0.243 e. The predicted molar refractivity (Wildman–Crippen MR) is 54.8 cm³/mol. The second-order valence-corrected chi connectivity index (χ2v) is 4.38. The van der Waals surface area contributed by atoms with Crippen molar-refractivity contribution in [2.45, 2.75) is 46.1 Å². The highest BCUT2D eigenvalue weighted by Crippen LogP contribution is 2.18. The molecule has 0 fully saturated rings. The van der Waals surface area contributed by atoms with Gasteiger partial charge in [-0.3, -0.25) is 0 Å². The quantitative estimate of drug-likeness (QED) is 0.803. The van der Waals surface area contributed by atoms with E-state index in [1.165, 1.54) is 0 Å². The molecular weight excluding hydrogens is 178 g/mol. The normalized spacial score (nSPS) is 13.9. The summed E-state index contributed by atoms with van der Waals surface area (Å²) in [4.78, 5) is 4.26. The topological polar surface area (TPSA) is 64.9 Å². The van der Waals surface area contributed by atoms with Gasteiger partial charge in [-0.15, -0.1) is 0 Å². The van der Waals surface area contributed by atoms with Gasteiger partial charge in [0, 0.05) is 5.92 Å². The van der Waals surface area contributed by atoms with Crippen LogP contribution in [0, 0.1) is 5.92 Å². The van der Waals surface area contributed by atoms with Crippen molar-refractivity contribution in [2.24, 2.45) is 11.7 Å². The number of hydrogen-bond donors (Lipinski definition) is 1. The molecule has 0 aromatic carbocycles. The summed E-state index contributed by atoms with van der Waals surface area (Å²) in [6.07, 6.45) is 0.875. The summed E-state index contributed by atoms with van der Waals surface area (Å²) in [5, 5.41) is 3.88. The summed E-state index contributed by atoms with van der Waals surface area (Å²) < 4.78 is 5.10. The molecule has 4 heteroatoms. The Morgan fingerprint density at radius 3 is 2.36 bits per heavy atom. The van der Waals surface area contributed by atoms with Crippen molar-refractivity contribution < 1.29 is 4.52 Å². The van der Waals surface area contributed by atoms with Crippen LogP contribution in [0.25, 0.3) is 0 Å². The third-order valence-corrected chi connectivity index (χ3v) is 2.02. The zero-order valence-electron chi connectivity index (χ0n) is 9.32. The lowest BCUT2D eigenvalue weighted by atomic mass is 10.0. The largest absolute Gasteiger partial charge is 0.338 e. The highest BCUT2D eigenvalue weighted by atomic mass is 16.5. The van der Waals surface area contributed by atoms with E-state index in [0.29, 0.717) is 17.7 Å². The van der Waals surface area contributed by atoms with Crippen LogP contribution in [0.15, 0.2) is 4.52 Å². The van der Waals surface area contributed by atoms with Gasteiger partial charge in [0.15, 0.2) is 5.82 Å². The molecule has 0 bridgehead atoms. The van der Waals surface area contributed by atoms with Crippen molar-refractivity contribution in [1.29, 1.82) is 0 Å². The van der Waals surface area contributed by atoms with Gasteiger partial charge in [0.25, 0.3) is 0 Å². The second-order valence-electron chi connectivity index (χ2n) is 4.38. The van der Waals surface area contributed by atoms with Crippen molar-refractivity contribution in [2.75, 3.05) is 0 Å². The van der Waals surface area contributed by atoms with Crippen LogP contribution in [-0.4, -0.2) is 10.1 Å². The Morgan fingerprint density at radius 1 is 1.29 bits per heavy atom. The maximum atomic E-state index is 5.91. The zero-order chi connectivity index (χ0) is 10.7. The van der Waals surface area contributed by atoms with Crippen molar-refractivity contribution in [3.63, 3.8) is 0 Å². The van der Waals surface area contributed by atoms with E-state index < -0.39 is 0 Å². The van der Waals surface area contributed by atoms with Gasteiger partial charge in [-0.25, -0.2) is 0 Å². The van der Waals surface area contributed by atoms with E-state index >= 15 is 0 Å². The van der Waals surface area contributed by atoms with Crippen molar-refractivity contribution in [3.05, 3.63) is 11.7 Å². The van der Waals surface area contributed by atoms with Crippen molar-refractivity contribution in [1.82, 2.24) is 10.1 Å². The lowest BCUT2D eigenvalue weighted by molar-refractivity contribution is 0.331. The molecule has 2 N–H and O–H groups in total. The van der Waals surface area contributed by atoms with Crippen LogP contribution in [0.3, 0.4) is 0 Å². The van der Waals surface area contributed by atoms with Crippen molar-refractivity contribution >= 4 is 0 Å². The Balaban J connectivity index is 2.66. The molecule has 1 atom stereocenters. The van der Waals surface area contributed by atoms with E-state index in [1.54, 1.807) is 0 Å². The number of aromatic nitrogens is 2. The molecule has 14 heavy (non-hydrogen) atoms. The van der Waals surface area contributed by atoms with E-state index in [9.17, 15) is 0 Å². The van der Waals surface area contributed by atoms with Crippen LogP contribution in [0.4, 0.5) is 0 Å². The minimum Gasteiger partial charge on any atom is -0.338 e. The molecule has 1 rings (SSSR count). The first kappa shape index (κ1) is 11.2. The van der Waals surface area contributed by atoms with Gasteiger partial charge >= 0.3 is 0 Å². The lowest BCUT2D eigenvalue weighted by Gasteiger charge is -2.08. The predicted octanol–water partition coefficient (Wildman–Crippen LogP) is 2.24. The fourth-order valence-electron chi connectivity index (χ4n) is 1.24. The Labute approximate surface area is 84.9 Å². The van der Waals surface area contributed by atoms with Gasteiger partial charge < -0.3 is 10.3 Å². The van der Waals surface area contributed by atoms with Gasteiger partial charge in [-0.05, 0) is 12.3 Å². The first-order valence-corrected chi connectivity index (χ1v) is 5.09. The van der Waals surface area contributed by atoms with Gasteiger partial charge in [0.05, 0.1) is 6.04 Å². The molecule has 80 valence electrons. The molecule has 0 amide bonds. The summed E-state index contributed by atoms with van der Waals surface area (Å²) in [6.45, 7) is 8.31. The summed E-state index contributed by atoms with van der Waals surface area (Å²) in [5.74, 6) is 2.12. The lowest BCUT2D eigenvalue weighted by Crippen LogP contribution is -2.13. The monoisotopic (exact) mass is 197 g/mol. The molecule has 1 aromatic heterocycles. The molecule has 0 aliphatic carbocycles. The van der Waals surface area contributed by atoms with Crippen LogP contribution < -0.4 is 5.73 Å². The van der Waals surface area contributed by atoms with Crippen LogP contribution in [0.2, 0.25) is 0 Å². The SMILES string of the molecule is CC(C)C[C@H](N)c1nc(C(C)C)no1. The summed E-state index contributed by atoms with van der Waals surface area (Å²) >= 11 is 0. The van der Waals surface area contributed by atoms with E-state index in [1.807, 2.05) is 13.8 Å². The minimum atomic E-state index is -0.130. The zero-order valence-corrected chi connectivity index (χ0v) is 9.32. The Kier molecular flexibility index (Phi) is 3.63. The molecule has 0 unspecified atom stereocenters. The molecule has 0 aliphatic heterocycles. The molecule has 0 spiro atoms. The van der Waals surface area contributed by atoms with Gasteiger partial charge in [0.2, 0.25) is 5.89 Å². The van der Waals surface area contributed by atoms with E-state index in [4.69, 9.17) is 10.3 Å².